The van der Waals surface area contributed by atoms with Crippen LogP contribution in [-0.2, 0) is 5.41 Å². The van der Waals surface area contributed by atoms with Crippen LogP contribution in [0.4, 0.5) is 0 Å². The first-order chi connectivity index (χ1) is 33.6. The molecule has 1 aliphatic carbocycles. The van der Waals surface area contributed by atoms with Crippen LogP contribution in [0.5, 0.6) is 0 Å². The summed E-state index contributed by atoms with van der Waals surface area (Å²) in [6, 6.07) is 84.9. The molecule has 68 heavy (non-hydrogen) atoms. The number of aromatic nitrogens is 3. The Hall–Kier alpha value is -8.53. The predicted octanol–water partition coefficient (Wildman–Crippen LogP) is 17.1. The first kappa shape index (κ1) is 43.4. The van der Waals surface area contributed by atoms with Crippen LogP contribution in [-0.4, -0.2) is 15.0 Å². The molecule has 0 amide bonds. The second kappa shape index (κ2) is 19.1. The van der Waals surface area contributed by atoms with Crippen molar-refractivity contribution < 1.29 is 0 Å². The molecule has 0 saturated heterocycles. The van der Waals surface area contributed by atoms with Gasteiger partial charge in [0, 0.05) is 16.7 Å². The van der Waals surface area contributed by atoms with Crippen LogP contribution >= 0.6 is 0 Å². The fourth-order valence-electron chi connectivity index (χ4n) is 10.0. The van der Waals surface area contributed by atoms with E-state index in [4.69, 9.17) is 15.0 Å². The molecule has 1 aromatic heterocycles. The molecule has 0 spiro atoms. The molecule has 0 atom stereocenters. The first-order valence-corrected chi connectivity index (χ1v) is 23.5. The minimum atomic E-state index is -0.645. The minimum Gasteiger partial charge on any atom is -0.208 e. The minimum absolute atomic E-state index is 0.621. The normalized spacial score (nSPS) is 11.9. The Bertz CT molecular complexity index is 3510. The maximum atomic E-state index is 5.50. The van der Waals surface area contributed by atoms with Gasteiger partial charge in [0.05, 0.1) is 5.41 Å². The summed E-state index contributed by atoms with van der Waals surface area (Å²) in [6.45, 7) is 9.25. The van der Waals surface area contributed by atoms with Gasteiger partial charge in [-0.2, -0.15) is 0 Å². The van der Waals surface area contributed by atoms with Crippen LogP contribution < -0.4 is 0 Å². The molecule has 1 aliphatic rings. The molecule has 0 bridgehead atoms. The topological polar surface area (TPSA) is 38.7 Å². The number of fused-ring (bicyclic) bond motifs is 6. The molecule has 326 valence electrons. The SMILES string of the molecule is C=CC.CC.c1ccc(-c2cccc(-c3nc(-c4ccccc4)nc(-c4cc(-c5cc6ccccc6c6ccccc56)cc5c4-c4ccccc4C5(c4ccccc4)c4ccccc4)n3)c2)cc1. The number of benzene rings is 10. The summed E-state index contributed by atoms with van der Waals surface area (Å²) in [4.78, 5) is 16.2. The summed E-state index contributed by atoms with van der Waals surface area (Å²) < 4.78 is 0. The van der Waals surface area contributed by atoms with Crippen molar-refractivity contribution in [2.75, 3.05) is 0 Å². The standard InChI is InChI=1S/C60H39N3.C3H6.C2H6/c1-5-20-40(21-6-1)42-25-19-26-44(36-42)58-61-57(41-22-7-2-8-23-41)62-59(63-58)53-38-45(52-37-43-24-13-14-31-48(43)49-32-15-16-33-50(49)52)39-55-56(53)51-34-17-18-35-54(51)60(55,46-27-9-3-10-28-46)47-29-11-4-12-30-47;1-3-2;1-2/h1-39H;3H,1H2,2H3;1-2H3. The van der Waals surface area contributed by atoms with E-state index in [1.54, 1.807) is 6.08 Å². The molecule has 1 heterocycles. The summed E-state index contributed by atoms with van der Waals surface area (Å²) in [5, 5.41) is 4.85. The average Bonchev–Trinajstić information content (AvgIpc) is 3.73. The zero-order valence-electron chi connectivity index (χ0n) is 38.6. The zero-order chi connectivity index (χ0) is 46.5. The monoisotopic (exact) mass is 873 g/mol. The Morgan fingerprint density at radius 1 is 0.353 bits per heavy atom. The number of hydrogen-bond acceptors (Lipinski definition) is 3. The lowest BCUT2D eigenvalue weighted by Crippen LogP contribution is -2.28. The molecule has 12 rings (SSSR count). The van der Waals surface area contributed by atoms with Gasteiger partial charge in [-0.15, -0.1) is 6.58 Å². The lowest BCUT2D eigenvalue weighted by molar-refractivity contribution is 0.769. The Kier molecular flexibility index (Phi) is 12.2. The van der Waals surface area contributed by atoms with Crippen molar-refractivity contribution in [3.63, 3.8) is 0 Å². The molecule has 0 N–H and O–H groups in total. The zero-order valence-corrected chi connectivity index (χ0v) is 38.6. The quantitative estimate of drug-likeness (QED) is 0.118. The highest BCUT2D eigenvalue weighted by molar-refractivity contribution is 6.14. The number of hydrogen-bond donors (Lipinski definition) is 0. The number of nitrogens with zero attached hydrogens (tertiary/aromatic N) is 3. The molecule has 0 saturated carbocycles. The molecule has 3 nitrogen and oxygen atoms in total. The van der Waals surface area contributed by atoms with Crippen molar-refractivity contribution in [1.29, 1.82) is 0 Å². The van der Waals surface area contributed by atoms with E-state index in [-0.39, 0.29) is 0 Å². The summed E-state index contributed by atoms with van der Waals surface area (Å²) >= 11 is 0. The fraction of sp³-hybridized carbons (Fsp3) is 0.0615. The molecule has 11 aromatic rings. The second-order valence-corrected chi connectivity index (χ2v) is 16.7. The van der Waals surface area contributed by atoms with Crippen LogP contribution in [0.2, 0.25) is 0 Å². The van der Waals surface area contributed by atoms with E-state index < -0.39 is 5.41 Å². The fourth-order valence-corrected chi connectivity index (χ4v) is 10.0. The van der Waals surface area contributed by atoms with Gasteiger partial charge in [-0.05, 0) is 108 Å². The van der Waals surface area contributed by atoms with E-state index in [2.05, 4.69) is 219 Å². The van der Waals surface area contributed by atoms with Gasteiger partial charge in [-0.3, -0.25) is 0 Å². The van der Waals surface area contributed by atoms with Gasteiger partial charge in [0.15, 0.2) is 17.5 Å². The highest BCUT2D eigenvalue weighted by atomic mass is 15.0. The van der Waals surface area contributed by atoms with Crippen molar-refractivity contribution >= 4 is 21.5 Å². The van der Waals surface area contributed by atoms with E-state index in [0.29, 0.717) is 17.5 Å². The molecule has 0 radical (unpaired) electrons. The van der Waals surface area contributed by atoms with Gasteiger partial charge in [0.25, 0.3) is 0 Å². The van der Waals surface area contributed by atoms with Crippen LogP contribution in [0, 0.1) is 0 Å². The van der Waals surface area contributed by atoms with Gasteiger partial charge >= 0.3 is 0 Å². The smallest absolute Gasteiger partial charge is 0.164 e. The van der Waals surface area contributed by atoms with Gasteiger partial charge in [0.1, 0.15) is 0 Å². The molecular formula is C65H51N3. The van der Waals surface area contributed by atoms with Crippen molar-refractivity contribution in [2.24, 2.45) is 0 Å². The lowest BCUT2D eigenvalue weighted by Gasteiger charge is -2.34. The van der Waals surface area contributed by atoms with E-state index in [1.165, 1.54) is 49.4 Å². The summed E-state index contributed by atoms with van der Waals surface area (Å²) in [7, 11) is 0. The molecule has 0 fully saturated rings. The summed E-state index contributed by atoms with van der Waals surface area (Å²) in [6.07, 6.45) is 1.75. The number of allylic oxidation sites excluding steroid dienone is 1. The number of rotatable bonds is 7. The summed E-state index contributed by atoms with van der Waals surface area (Å²) in [5.41, 5.74) is 13.8. The maximum Gasteiger partial charge on any atom is 0.164 e. The average molecular weight is 874 g/mol. The molecular weight excluding hydrogens is 823 g/mol. The van der Waals surface area contributed by atoms with Crippen LogP contribution in [0.25, 0.3) is 89.1 Å². The molecule has 3 heteroatoms. The Labute approximate surface area is 399 Å². The Morgan fingerprint density at radius 3 is 1.50 bits per heavy atom. The maximum absolute atomic E-state index is 5.50. The first-order valence-electron chi connectivity index (χ1n) is 23.5. The molecule has 0 aliphatic heterocycles. The van der Waals surface area contributed by atoms with Crippen molar-refractivity contribution in [3.8, 4) is 67.5 Å². The van der Waals surface area contributed by atoms with E-state index in [9.17, 15) is 0 Å². The Balaban J connectivity index is 0.00000104. The molecule has 0 unspecified atom stereocenters. The highest BCUT2D eigenvalue weighted by Gasteiger charge is 2.47. The van der Waals surface area contributed by atoms with Crippen molar-refractivity contribution in [3.05, 3.63) is 271 Å². The third-order valence-electron chi connectivity index (χ3n) is 12.8. The second-order valence-electron chi connectivity index (χ2n) is 16.7. The van der Waals surface area contributed by atoms with Gasteiger partial charge in [-0.25, -0.2) is 15.0 Å². The van der Waals surface area contributed by atoms with Crippen molar-refractivity contribution in [2.45, 2.75) is 26.2 Å². The third kappa shape index (κ3) is 7.68. The lowest BCUT2D eigenvalue weighted by atomic mass is 9.67. The van der Waals surface area contributed by atoms with E-state index >= 15 is 0 Å². The van der Waals surface area contributed by atoms with Gasteiger partial charge < -0.3 is 0 Å². The molecule has 10 aromatic carbocycles. The van der Waals surface area contributed by atoms with Crippen molar-refractivity contribution in [1.82, 2.24) is 15.0 Å². The van der Waals surface area contributed by atoms with Gasteiger partial charge in [0.2, 0.25) is 0 Å². The van der Waals surface area contributed by atoms with Gasteiger partial charge in [-0.1, -0.05) is 232 Å². The predicted molar refractivity (Wildman–Crippen MR) is 287 cm³/mol. The van der Waals surface area contributed by atoms with E-state index in [0.717, 1.165) is 44.5 Å². The van der Waals surface area contributed by atoms with Crippen LogP contribution in [0.3, 0.4) is 0 Å². The Morgan fingerprint density at radius 2 is 0.838 bits per heavy atom. The highest BCUT2D eigenvalue weighted by Crippen LogP contribution is 2.59. The van der Waals surface area contributed by atoms with Crippen LogP contribution in [0.1, 0.15) is 43.0 Å². The third-order valence-corrected chi connectivity index (χ3v) is 12.8. The van der Waals surface area contributed by atoms with Crippen LogP contribution in [0.15, 0.2) is 249 Å². The van der Waals surface area contributed by atoms with E-state index in [1.807, 2.05) is 45.0 Å². The largest absolute Gasteiger partial charge is 0.208 e. The summed E-state index contributed by atoms with van der Waals surface area (Å²) in [5.74, 6) is 1.87.